The highest BCUT2D eigenvalue weighted by Crippen LogP contribution is 2.52. The van der Waals surface area contributed by atoms with E-state index in [1.54, 1.807) is 0 Å². The second-order valence-electron chi connectivity index (χ2n) is 5.89. The lowest BCUT2D eigenvalue weighted by atomic mass is 9.58. The van der Waals surface area contributed by atoms with E-state index in [1.165, 1.54) is 18.4 Å². The van der Waals surface area contributed by atoms with Crippen LogP contribution in [-0.2, 0) is 4.79 Å². The summed E-state index contributed by atoms with van der Waals surface area (Å²) in [5.74, 6) is 1.05. The van der Waals surface area contributed by atoms with Crippen LogP contribution in [0.3, 0.4) is 0 Å². The summed E-state index contributed by atoms with van der Waals surface area (Å²) < 4.78 is 0. The van der Waals surface area contributed by atoms with Crippen molar-refractivity contribution in [1.29, 1.82) is 0 Å². The van der Waals surface area contributed by atoms with Crippen LogP contribution in [0.15, 0.2) is 23.8 Å². The van der Waals surface area contributed by atoms with Crippen LogP contribution < -0.4 is 0 Å². The van der Waals surface area contributed by atoms with E-state index in [4.69, 9.17) is 0 Å². The lowest BCUT2D eigenvalue weighted by Gasteiger charge is -2.46. The molecular weight excluding hydrogens is 196 g/mol. The molecule has 0 aromatic carbocycles. The summed E-state index contributed by atoms with van der Waals surface area (Å²) in [6, 6.07) is 0. The maximum Gasteiger partial charge on any atom is 0.162 e. The highest BCUT2D eigenvalue weighted by Gasteiger charge is 2.43. The van der Waals surface area contributed by atoms with Gasteiger partial charge in [-0.2, -0.15) is 0 Å². The summed E-state index contributed by atoms with van der Waals surface area (Å²) >= 11 is 0. The topological polar surface area (TPSA) is 17.1 Å². The Balaban J connectivity index is 2.38. The average molecular weight is 218 g/mol. The third kappa shape index (κ3) is 1.66. The number of hydrogen-bond acceptors (Lipinski definition) is 1. The molecule has 16 heavy (non-hydrogen) atoms. The van der Waals surface area contributed by atoms with Gasteiger partial charge in [-0.1, -0.05) is 31.6 Å². The van der Waals surface area contributed by atoms with Crippen LogP contribution in [-0.4, -0.2) is 5.78 Å². The van der Waals surface area contributed by atoms with Crippen LogP contribution in [0.1, 0.15) is 46.5 Å². The molecule has 88 valence electrons. The molecule has 1 heteroatoms. The Morgan fingerprint density at radius 2 is 2.25 bits per heavy atom. The van der Waals surface area contributed by atoms with E-state index in [9.17, 15) is 4.79 Å². The molecule has 2 rings (SSSR count). The summed E-state index contributed by atoms with van der Waals surface area (Å²) in [6.45, 7) is 10.6. The van der Waals surface area contributed by atoms with Crippen molar-refractivity contribution in [2.75, 3.05) is 0 Å². The molecular formula is C15H22O. The van der Waals surface area contributed by atoms with Gasteiger partial charge in [-0.05, 0) is 50.0 Å². The molecule has 2 aliphatic carbocycles. The molecule has 3 atom stereocenters. The molecule has 2 aliphatic rings. The minimum atomic E-state index is 0.0642. The molecule has 0 unspecified atom stereocenters. The standard InChI is InChI=1S/C15H22O/c1-10(2)13-9-15(4)11(3)6-5-7-12(15)8-14(13)16/h8,11,13H,1,5-7,9H2,2-4H3/t11-,13+,15-/m0/s1. The third-order valence-electron chi connectivity index (χ3n) is 4.79. The molecule has 1 nitrogen and oxygen atoms in total. The first kappa shape index (κ1) is 11.6. The molecule has 0 saturated heterocycles. The number of ketones is 1. The van der Waals surface area contributed by atoms with Gasteiger partial charge in [0.25, 0.3) is 0 Å². The smallest absolute Gasteiger partial charge is 0.162 e. The van der Waals surface area contributed by atoms with Gasteiger partial charge in [0, 0.05) is 5.92 Å². The van der Waals surface area contributed by atoms with Gasteiger partial charge in [-0.3, -0.25) is 4.79 Å². The summed E-state index contributed by atoms with van der Waals surface area (Å²) in [4.78, 5) is 12.0. The van der Waals surface area contributed by atoms with Gasteiger partial charge in [-0.25, -0.2) is 0 Å². The van der Waals surface area contributed by atoms with Gasteiger partial charge in [0.15, 0.2) is 5.78 Å². The second kappa shape index (κ2) is 3.87. The molecule has 0 aliphatic heterocycles. The maximum atomic E-state index is 12.0. The van der Waals surface area contributed by atoms with E-state index in [0.29, 0.717) is 5.92 Å². The summed E-state index contributed by atoms with van der Waals surface area (Å²) in [5.41, 5.74) is 2.67. The minimum Gasteiger partial charge on any atom is -0.294 e. The van der Waals surface area contributed by atoms with Crippen molar-refractivity contribution in [3.05, 3.63) is 23.8 Å². The molecule has 0 heterocycles. The Bertz CT molecular complexity index is 364. The fourth-order valence-corrected chi connectivity index (χ4v) is 3.30. The van der Waals surface area contributed by atoms with E-state index in [2.05, 4.69) is 20.4 Å². The fourth-order valence-electron chi connectivity index (χ4n) is 3.30. The fraction of sp³-hybridized carbons (Fsp3) is 0.667. The SMILES string of the molecule is C=C(C)[C@H]1C[C@]2(C)C(=CC1=O)CCC[C@@H]2C. The third-order valence-corrected chi connectivity index (χ3v) is 4.79. The first-order valence-corrected chi connectivity index (χ1v) is 6.35. The van der Waals surface area contributed by atoms with Crippen molar-refractivity contribution >= 4 is 5.78 Å². The van der Waals surface area contributed by atoms with Crippen LogP contribution in [0.2, 0.25) is 0 Å². The predicted molar refractivity (Wildman–Crippen MR) is 67.1 cm³/mol. The Labute approximate surface area is 98.6 Å². The van der Waals surface area contributed by atoms with Crippen molar-refractivity contribution in [3.8, 4) is 0 Å². The number of allylic oxidation sites excluding steroid dienone is 3. The molecule has 0 N–H and O–H groups in total. The van der Waals surface area contributed by atoms with E-state index >= 15 is 0 Å². The Kier molecular flexibility index (Phi) is 2.81. The van der Waals surface area contributed by atoms with E-state index in [1.807, 2.05) is 13.0 Å². The number of rotatable bonds is 1. The minimum absolute atomic E-state index is 0.0642. The Hall–Kier alpha value is -0.850. The lowest BCUT2D eigenvalue weighted by Crippen LogP contribution is -2.39. The van der Waals surface area contributed by atoms with Gasteiger partial charge in [-0.15, -0.1) is 0 Å². The van der Waals surface area contributed by atoms with Gasteiger partial charge < -0.3 is 0 Å². The zero-order valence-corrected chi connectivity index (χ0v) is 10.7. The van der Waals surface area contributed by atoms with Crippen LogP contribution in [0, 0.1) is 17.3 Å². The van der Waals surface area contributed by atoms with Crippen molar-refractivity contribution in [3.63, 3.8) is 0 Å². The van der Waals surface area contributed by atoms with Crippen LogP contribution >= 0.6 is 0 Å². The quantitative estimate of drug-likeness (QED) is 0.610. The van der Waals surface area contributed by atoms with E-state index in [-0.39, 0.29) is 17.1 Å². The number of carbonyl (C=O) groups is 1. The van der Waals surface area contributed by atoms with E-state index < -0.39 is 0 Å². The molecule has 0 bridgehead atoms. The van der Waals surface area contributed by atoms with Crippen molar-refractivity contribution in [2.24, 2.45) is 17.3 Å². The van der Waals surface area contributed by atoms with Crippen molar-refractivity contribution in [2.45, 2.75) is 46.5 Å². The predicted octanol–water partition coefficient (Wildman–Crippen LogP) is 3.90. The van der Waals surface area contributed by atoms with Gasteiger partial charge in [0.05, 0.1) is 0 Å². The van der Waals surface area contributed by atoms with Crippen LogP contribution in [0.5, 0.6) is 0 Å². The van der Waals surface area contributed by atoms with Gasteiger partial charge in [0.1, 0.15) is 0 Å². The number of hydrogen-bond donors (Lipinski definition) is 0. The van der Waals surface area contributed by atoms with E-state index in [0.717, 1.165) is 18.4 Å². The lowest BCUT2D eigenvalue weighted by molar-refractivity contribution is -0.119. The molecule has 1 saturated carbocycles. The molecule has 1 fully saturated rings. The van der Waals surface area contributed by atoms with Crippen molar-refractivity contribution < 1.29 is 4.79 Å². The summed E-state index contributed by atoms with van der Waals surface area (Å²) in [6.07, 6.45) is 6.57. The highest BCUT2D eigenvalue weighted by atomic mass is 16.1. The maximum absolute atomic E-state index is 12.0. The number of carbonyl (C=O) groups excluding carboxylic acids is 1. The summed E-state index contributed by atoms with van der Waals surface area (Å²) in [7, 11) is 0. The normalized spacial score (nSPS) is 38.9. The van der Waals surface area contributed by atoms with Crippen LogP contribution in [0.4, 0.5) is 0 Å². The van der Waals surface area contributed by atoms with Gasteiger partial charge >= 0.3 is 0 Å². The first-order valence-electron chi connectivity index (χ1n) is 6.35. The molecule has 0 spiro atoms. The zero-order valence-electron chi connectivity index (χ0n) is 10.7. The highest BCUT2D eigenvalue weighted by molar-refractivity contribution is 5.95. The Morgan fingerprint density at radius 1 is 1.56 bits per heavy atom. The zero-order chi connectivity index (χ0) is 11.9. The molecule has 0 amide bonds. The second-order valence-corrected chi connectivity index (χ2v) is 5.89. The van der Waals surface area contributed by atoms with Gasteiger partial charge in [0.2, 0.25) is 0 Å². The largest absolute Gasteiger partial charge is 0.294 e. The monoisotopic (exact) mass is 218 g/mol. The van der Waals surface area contributed by atoms with Crippen LogP contribution in [0.25, 0.3) is 0 Å². The average Bonchev–Trinajstić information content (AvgIpc) is 2.20. The number of fused-ring (bicyclic) bond motifs is 1. The molecule has 0 aromatic rings. The molecule has 0 aromatic heterocycles. The van der Waals surface area contributed by atoms with Crippen molar-refractivity contribution in [1.82, 2.24) is 0 Å². The molecule has 0 radical (unpaired) electrons. The summed E-state index contributed by atoms with van der Waals surface area (Å²) in [5, 5.41) is 0. The first-order chi connectivity index (χ1) is 7.45. The Morgan fingerprint density at radius 3 is 2.88 bits per heavy atom.